The first-order valence-electron chi connectivity index (χ1n) is 8.18. The molecule has 1 fully saturated rings. The Morgan fingerprint density at radius 3 is 2.24 bits per heavy atom. The van der Waals surface area contributed by atoms with Crippen LogP contribution in [0, 0.1) is 10.1 Å². The van der Waals surface area contributed by atoms with Gasteiger partial charge in [-0.2, -0.15) is 0 Å². The molecule has 0 spiro atoms. The maximum absolute atomic E-state index is 12.3. The molecule has 1 aliphatic rings. The van der Waals surface area contributed by atoms with Gasteiger partial charge in [-0.1, -0.05) is 30.3 Å². The van der Waals surface area contributed by atoms with Crippen LogP contribution in [0.3, 0.4) is 0 Å². The SMILES string of the molecule is O=C(Nc1ccc([N+](=O)[O-])cc1)N1CCN(Cc2ccccc2)CC1. The molecule has 0 saturated carbocycles. The van der Waals surface area contributed by atoms with Gasteiger partial charge in [-0.3, -0.25) is 15.0 Å². The number of carbonyl (C=O) groups is 1. The fourth-order valence-corrected chi connectivity index (χ4v) is 2.82. The van der Waals surface area contributed by atoms with Crippen molar-refractivity contribution in [3.8, 4) is 0 Å². The van der Waals surface area contributed by atoms with Crippen molar-refractivity contribution in [3.05, 3.63) is 70.3 Å². The van der Waals surface area contributed by atoms with E-state index in [2.05, 4.69) is 22.3 Å². The summed E-state index contributed by atoms with van der Waals surface area (Å²) in [4.78, 5) is 26.6. The summed E-state index contributed by atoms with van der Waals surface area (Å²) in [5.74, 6) is 0. The number of piperazine rings is 1. The van der Waals surface area contributed by atoms with Crippen molar-refractivity contribution in [3.63, 3.8) is 0 Å². The zero-order chi connectivity index (χ0) is 17.6. The molecule has 1 aliphatic heterocycles. The third kappa shape index (κ3) is 4.54. The minimum absolute atomic E-state index is 0.00697. The van der Waals surface area contributed by atoms with E-state index < -0.39 is 4.92 Å². The summed E-state index contributed by atoms with van der Waals surface area (Å²) in [6, 6.07) is 16.0. The third-order valence-electron chi connectivity index (χ3n) is 4.24. The maximum atomic E-state index is 12.3. The first kappa shape index (κ1) is 16.9. The molecule has 2 aromatic carbocycles. The van der Waals surface area contributed by atoms with E-state index in [-0.39, 0.29) is 11.7 Å². The normalized spacial score (nSPS) is 15.0. The van der Waals surface area contributed by atoms with Crippen molar-refractivity contribution in [2.24, 2.45) is 0 Å². The topological polar surface area (TPSA) is 78.7 Å². The fourth-order valence-electron chi connectivity index (χ4n) is 2.82. The highest BCUT2D eigenvalue weighted by atomic mass is 16.6. The van der Waals surface area contributed by atoms with Crippen molar-refractivity contribution in [2.45, 2.75) is 6.54 Å². The number of amides is 2. The van der Waals surface area contributed by atoms with Gasteiger partial charge in [-0.05, 0) is 17.7 Å². The second-order valence-corrected chi connectivity index (χ2v) is 5.98. The highest BCUT2D eigenvalue weighted by molar-refractivity contribution is 5.89. The fraction of sp³-hybridized carbons (Fsp3) is 0.278. The molecule has 0 aliphatic carbocycles. The van der Waals surface area contributed by atoms with Gasteiger partial charge < -0.3 is 10.2 Å². The summed E-state index contributed by atoms with van der Waals surface area (Å²) in [5, 5.41) is 13.4. The van der Waals surface area contributed by atoms with Gasteiger partial charge in [0.1, 0.15) is 0 Å². The minimum atomic E-state index is -0.461. The number of benzene rings is 2. The lowest BCUT2D eigenvalue weighted by atomic mass is 10.2. The van der Waals surface area contributed by atoms with E-state index in [4.69, 9.17) is 0 Å². The van der Waals surface area contributed by atoms with Gasteiger partial charge in [0.2, 0.25) is 0 Å². The van der Waals surface area contributed by atoms with Crippen LogP contribution in [0.25, 0.3) is 0 Å². The van der Waals surface area contributed by atoms with Gasteiger partial charge in [0.25, 0.3) is 5.69 Å². The molecule has 7 heteroatoms. The molecule has 2 amide bonds. The highest BCUT2D eigenvalue weighted by Gasteiger charge is 2.21. The molecule has 0 atom stereocenters. The van der Waals surface area contributed by atoms with Crippen LogP contribution >= 0.6 is 0 Å². The molecule has 25 heavy (non-hydrogen) atoms. The van der Waals surface area contributed by atoms with Crippen LogP contribution in [-0.2, 0) is 6.54 Å². The molecule has 0 radical (unpaired) electrons. The van der Waals surface area contributed by atoms with Crippen LogP contribution in [0.5, 0.6) is 0 Å². The smallest absolute Gasteiger partial charge is 0.321 e. The lowest BCUT2D eigenvalue weighted by Gasteiger charge is -2.34. The first-order valence-corrected chi connectivity index (χ1v) is 8.18. The van der Waals surface area contributed by atoms with E-state index in [1.165, 1.54) is 17.7 Å². The lowest BCUT2D eigenvalue weighted by Crippen LogP contribution is -2.49. The quantitative estimate of drug-likeness (QED) is 0.685. The number of nitrogens with zero attached hydrogens (tertiary/aromatic N) is 3. The lowest BCUT2D eigenvalue weighted by molar-refractivity contribution is -0.384. The Balaban J connectivity index is 1.49. The summed E-state index contributed by atoms with van der Waals surface area (Å²) in [6.45, 7) is 3.85. The second kappa shape index (κ2) is 7.76. The monoisotopic (exact) mass is 340 g/mol. The molecular formula is C18H20N4O3. The highest BCUT2D eigenvalue weighted by Crippen LogP contribution is 2.16. The summed E-state index contributed by atoms with van der Waals surface area (Å²) in [7, 11) is 0. The molecule has 3 rings (SSSR count). The van der Waals surface area contributed by atoms with Crippen molar-refractivity contribution < 1.29 is 9.72 Å². The Labute approximate surface area is 146 Å². The predicted octanol–water partition coefficient (Wildman–Crippen LogP) is 2.94. The van der Waals surface area contributed by atoms with E-state index in [1.807, 2.05) is 18.2 Å². The zero-order valence-corrected chi connectivity index (χ0v) is 13.8. The van der Waals surface area contributed by atoms with Crippen LogP contribution in [0.2, 0.25) is 0 Å². The molecule has 0 bridgehead atoms. The number of nitrogens with one attached hydrogen (secondary N) is 1. The summed E-state index contributed by atoms with van der Waals surface area (Å²) >= 11 is 0. The molecule has 7 nitrogen and oxygen atoms in total. The number of nitro benzene ring substituents is 1. The summed E-state index contributed by atoms with van der Waals surface area (Å²) in [5.41, 5.74) is 1.83. The van der Waals surface area contributed by atoms with Gasteiger partial charge in [-0.25, -0.2) is 4.79 Å². The second-order valence-electron chi connectivity index (χ2n) is 5.98. The molecular weight excluding hydrogens is 320 g/mol. The number of rotatable bonds is 4. The molecule has 0 unspecified atom stereocenters. The molecule has 2 aromatic rings. The van der Waals surface area contributed by atoms with Gasteiger partial charge in [-0.15, -0.1) is 0 Å². The maximum Gasteiger partial charge on any atom is 0.321 e. The molecule has 1 N–H and O–H groups in total. The minimum Gasteiger partial charge on any atom is -0.322 e. The van der Waals surface area contributed by atoms with Crippen LogP contribution in [0.1, 0.15) is 5.56 Å². The number of nitro groups is 1. The standard InChI is InChI=1S/C18H20N4O3/c23-18(19-16-6-8-17(9-7-16)22(24)25)21-12-10-20(11-13-21)14-15-4-2-1-3-5-15/h1-9H,10-14H2,(H,19,23). The van der Waals surface area contributed by atoms with E-state index in [0.29, 0.717) is 18.8 Å². The van der Waals surface area contributed by atoms with Crippen molar-refractivity contribution >= 4 is 17.4 Å². The van der Waals surface area contributed by atoms with Gasteiger partial charge in [0, 0.05) is 50.5 Å². The number of carbonyl (C=O) groups excluding carboxylic acids is 1. The Morgan fingerprint density at radius 2 is 1.64 bits per heavy atom. The Morgan fingerprint density at radius 1 is 1.00 bits per heavy atom. The van der Waals surface area contributed by atoms with Crippen LogP contribution in [0.4, 0.5) is 16.2 Å². The van der Waals surface area contributed by atoms with E-state index in [1.54, 1.807) is 17.0 Å². The molecule has 1 saturated heterocycles. The molecule has 130 valence electrons. The Bertz CT molecular complexity index is 726. The van der Waals surface area contributed by atoms with Gasteiger partial charge >= 0.3 is 6.03 Å². The largest absolute Gasteiger partial charge is 0.322 e. The van der Waals surface area contributed by atoms with E-state index in [9.17, 15) is 14.9 Å². The number of hydrogen-bond donors (Lipinski definition) is 1. The van der Waals surface area contributed by atoms with Crippen LogP contribution < -0.4 is 5.32 Å². The summed E-state index contributed by atoms with van der Waals surface area (Å²) < 4.78 is 0. The Kier molecular flexibility index (Phi) is 5.25. The predicted molar refractivity (Wildman–Crippen MR) is 95.4 cm³/mol. The van der Waals surface area contributed by atoms with E-state index in [0.717, 1.165) is 19.6 Å². The first-order chi connectivity index (χ1) is 12.1. The number of anilines is 1. The zero-order valence-electron chi connectivity index (χ0n) is 13.8. The third-order valence-corrected chi connectivity index (χ3v) is 4.24. The Hall–Kier alpha value is -2.93. The van der Waals surface area contributed by atoms with Crippen LogP contribution in [0.15, 0.2) is 54.6 Å². The average Bonchev–Trinajstić information content (AvgIpc) is 2.63. The number of non-ortho nitro benzene ring substituents is 1. The van der Waals surface area contributed by atoms with Crippen molar-refractivity contribution in [1.29, 1.82) is 0 Å². The van der Waals surface area contributed by atoms with Gasteiger partial charge in [0.15, 0.2) is 0 Å². The molecule has 0 aromatic heterocycles. The summed E-state index contributed by atoms with van der Waals surface area (Å²) in [6.07, 6.45) is 0. The number of hydrogen-bond acceptors (Lipinski definition) is 4. The van der Waals surface area contributed by atoms with Crippen molar-refractivity contribution in [2.75, 3.05) is 31.5 Å². The van der Waals surface area contributed by atoms with Crippen molar-refractivity contribution in [1.82, 2.24) is 9.80 Å². The van der Waals surface area contributed by atoms with Gasteiger partial charge in [0.05, 0.1) is 4.92 Å². The molecule has 1 heterocycles. The van der Waals surface area contributed by atoms with E-state index >= 15 is 0 Å². The average molecular weight is 340 g/mol. The van der Waals surface area contributed by atoms with Crippen LogP contribution in [-0.4, -0.2) is 46.9 Å². The number of urea groups is 1.